The van der Waals surface area contributed by atoms with Crippen LogP contribution in [0.25, 0.3) is 94.2 Å². The van der Waals surface area contributed by atoms with Crippen molar-refractivity contribution in [1.82, 2.24) is 9.55 Å². The highest BCUT2D eigenvalue weighted by atomic mass is 16.3. The van der Waals surface area contributed by atoms with Gasteiger partial charge in [-0.2, -0.15) is 0 Å². The van der Waals surface area contributed by atoms with Crippen molar-refractivity contribution in [3.63, 3.8) is 0 Å². The van der Waals surface area contributed by atoms with Gasteiger partial charge < -0.3 is 8.83 Å². The summed E-state index contributed by atoms with van der Waals surface area (Å²) in [5.74, 6) is 0.917. The molecule has 0 amide bonds. The number of fused-ring (bicyclic) bond motifs is 7. The highest BCUT2D eigenvalue weighted by Gasteiger charge is 2.19. The van der Waals surface area contributed by atoms with E-state index < -0.39 is 0 Å². The summed E-state index contributed by atoms with van der Waals surface area (Å²) in [5, 5.41) is 4.41. The van der Waals surface area contributed by atoms with Crippen LogP contribution in [0.15, 0.2) is 167 Å². The Bertz CT molecular complexity index is 2790. The van der Waals surface area contributed by atoms with E-state index in [1.807, 2.05) is 24.3 Å². The second-order valence-electron chi connectivity index (χ2n) is 11.9. The lowest BCUT2D eigenvalue weighted by molar-refractivity contribution is 0.668. The Balaban J connectivity index is 1.19. The zero-order valence-corrected chi connectivity index (χ0v) is 25.2. The van der Waals surface area contributed by atoms with Gasteiger partial charge in [-0.25, -0.2) is 4.98 Å². The van der Waals surface area contributed by atoms with Crippen molar-refractivity contribution < 1.29 is 8.83 Å². The SMILES string of the molecule is c1ccc(-c2nc3ccc(-c4cccc5oc6ccc(-c7cccc8c7oc7ccccc78)cc6c45)cc3n2-c2ccccc2)cc1. The van der Waals surface area contributed by atoms with Gasteiger partial charge in [0.05, 0.1) is 11.0 Å². The third-order valence-electron chi connectivity index (χ3n) is 9.22. The van der Waals surface area contributed by atoms with Crippen molar-refractivity contribution in [3.05, 3.63) is 158 Å². The second-order valence-corrected chi connectivity index (χ2v) is 11.9. The van der Waals surface area contributed by atoms with Crippen LogP contribution < -0.4 is 0 Å². The average molecular weight is 603 g/mol. The molecule has 0 radical (unpaired) electrons. The number of hydrogen-bond acceptors (Lipinski definition) is 3. The van der Waals surface area contributed by atoms with Crippen LogP contribution in [0.5, 0.6) is 0 Å². The van der Waals surface area contributed by atoms with E-state index in [4.69, 9.17) is 13.8 Å². The predicted octanol–water partition coefficient (Wildman–Crippen LogP) is 11.8. The Labute approximate surface area is 269 Å². The molecule has 0 saturated heterocycles. The van der Waals surface area contributed by atoms with E-state index in [1.165, 1.54) is 0 Å². The molecule has 0 N–H and O–H groups in total. The van der Waals surface area contributed by atoms with Crippen molar-refractivity contribution in [2.45, 2.75) is 0 Å². The van der Waals surface area contributed by atoms with E-state index in [9.17, 15) is 0 Å². The second kappa shape index (κ2) is 10.1. The predicted molar refractivity (Wildman–Crippen MR) is 192 cm³/mol. The summed E-state index contributed by atoms with van der Waals surface area (Å²) in [5.41, 5.74) is 12.0. The van der Waals surface area contributed by atoms with Gasteiger partial charge in [-0.1, -0.05) is 109 Å². The van der Waals surface area contributed by atoms with Gasteiger partial charge in [0.25, 0.3) is 0 Å². The molecule has 220 valence electrons. The van der Waals surface area contributed by atoms with E-state index in [0.29, 0.717) is 0 Å². The third kappa shape index (κ3) is 3.98. The summed E-state index contributed by atoms with van der Waals surface area (Å²) < 4.78 is 15.1. The molecule has 0 spiro atoms. The van der Waals surface area contributed by atoms with Crippen molar-refractivity contribution in [2.75, 3.05) is 0 Å². The van der Waals surface area contributed by atoms with Crippen molar-refractivity contribution >= 4 is 54.9 Å². The zero-order chi connectivity index (χ0) is 30.9. The third-order valence-corrected chi connectivity index (χ3v) is 9.22. The quantitative estimate of drug-likeness (QED) is 0.201. The molecular weight excluding hydrogens is 576 g/mol. The molecule has 0 aliphatic rings. The zero-order valence-electron chi connectivity index (χ0n) is 25.2. The first-order chi connectivity index (χ1) is 23.3. The minimum Gasteiger partial charge on any atom is -0.456 e. The lowest BCUT2D eigenvalue weighted by Crippen LogP contribution is -1.97. The fraction of sp³-hybridized carbons (Fsp3) is 0. The van der Waals surface area contributed by atoms with Gasteiger partial charge >= 0.3 is 0 Å². The summed E-state index contributed by atoms with van der Waals surface area (Å²) in [4.78, 5) is 5.12. The molecule has 0 aliphatic heterocycles. The van der Waals surface area contributed by atoms with Crippen LogP contribution in [0.4, 0.5) is 0 Å². The van der Waals surface area contributed by atoms with Gasteiger partial charge in [-0.15, -0.1) is 0 Å². The smallest absolute Gasteiger partial charge is 0.145 e. The van der Waals surface area contributed by atoms with Gasteiger partial charge in [-0.3, -0.25) is 4.57 Å². The van der Waals surface area contributed by atoms with Gasteiger partial charge in [0.1, 0.15) is 28.2 Å². The molecule has 47 heavy (non-hydrogen) atoms. The number of para-hydroxylation sites is 3. The van der Waals surface area contributed by atoms with Gasteiger partial charge in [-0.05, 0) is 65.2 Å². The first kappa shape index (κ1) is 25.9. The largest absolute Gasteiger partial charge is 0.456 e. The number of imidazole rings is 1. The van der Waals surface area contributed by atoms with Crippen LogP contribution in [-0.4, -0.2) is 9.55 Å². The number of rotatable bonds is 4. The fourth-order valence-electron chi connectivity index (χ4n) is 7.07. The number of benzene rings is 7. The standard InChI is InChI=1S/C43H26N2O2/c1-3-11-27(12-4-1)43-44-36-23-21-29(26-37(36)45(43)30-13-5-2-6-14-30)31-16-10-20-40-41(31)35-25-28(22-24-39(35)46-40)32-17-9-18-34-33-15-7-8-19-38(33)47-42(32)34/h1-26H. The molecular formula is C43H26N2O2. The fourth-order valence-corrected chi connectivity index (χ4v) is 7.07. The van der Waals surface area contributed by atoms with E-state index in [-0.39, 0.29) is 0 Å². The Morgan fingerprint density at radius 2 is 1.13 bits per heavy atom. The minimum absolute atomic E-state index is 0.856. The van der Waals surface area contributed by atoms with Crippen LogP contribution in [0.3, 0.4) is 0 Å². The summed E-state index contributed by atoms with van der Waals surface area (Å²) in [7, 11) is 0. The molecule has 3 aromatic heterocycles. The Morgan fingerprint density at radius 3 is 2.02 bits per heavy atom. The highest BCUT2D eigenvalue weighted by Crippen LogP contribution is 2.42. The number of nitrogens with zero attached hydrogens (tertiary/aromatic N) is 2. The molecule has 10 aromatic rings. The molecule has 0 unspecified atom stereocenters. The van der Waals surface area contributed by atoms with E-state index in [0.717, 1.165) is 94.2 Å². The summed E-state index contributed by atoms with van der Waals surface area (Å²) in [6.45, 7) is 0. The number of furan rings is 2. The van der Waals surface area contributed by atoms with Crippen molar-refractivity contribution in [1.29, 1.82) is 0 Å². The maximum Gasteiger partial charge on any atom is 0.145 e. The number of aromatic nitrogens is 2. The Hall–Kier alpha value is -6.39. The van der Waals surface area contributed by atoms with Crippen LogP contribution in [0.1, 0.15) is 0 Å². The van der Waals surface area contributed by atoms with Crippen LogP contribution in [0, 0.1) is 0 Å². The maximum absolute atomic E-state index is 6.44. The molecule has 4 heteroatoms. The van der Waals surface area contributed by atoms with E-state index >= 15 is 0 Å². The Kier molecular flexibility index (Phi) is 5.54. The molecule has 0 atom stereocenters. The van der Waals surface area contributed by atoms with E-state index in [1.54, 1.807) is 0 Å². The molecule has 0 aliphatic carbocycles. The molecule has 7 aromatic carbocycles. The van der Waals surface area contributed by atoms with Gasteiger partial charge in [0, 0.05) is 38.4 Å². The summed E-state index contributed by atoms with van der Waals surface area (Å²) in [6, 6.07) is 54.8. The average Bonchev–Trinajstić information content (AvgIpc) is 3.83. The Morgan fingerprint density at radius 1 is 0.447 bits per heavy atom. The molecule has 0 saturated carbocycles. The minimum atomic E-state index is 0.856. The molecule has 0 bridgehead atoms. The van der Waals surface area contributed by atoms with Gasteiger partial charge in [0.2, 0.25) is 0 Å². The van der Waals surface area contributed by atoms with Crippen molar-refractivity contribution in [2.24, 2.45) is 0 Å². The maximum atomic E-state index is 6.44. The first-order valence-corrected chi connectivity index (χ1v) is 15.8. The molecule has 0 fully saturated rings. The first-order valence-electron chi connectivity index (χ1n) is 15.8. The summed E-state index contributed by atoms with van der Waals surface area (Å²) >= 11 is 0. The van der Waals surface area contributed by atoms with Crippen LogP contribution >= 0.6 is 0 Å². The lowest BCUT2D eigenvalue weighted by Gasteiger charge is -2.11. The molecule has 3 heterocycles. The normalized spacial score (nSPS) is 11.8. The van der Waals surface area contributed by atoms with Crippen molar-refractivity contribution in [3.8, 4) is 39.3 Å². The van der Waals surface area contributed by atoms with Crippen LogP contribution in [0.2, 0.25) is 0 Å². The highest BCUT2D eigenvalue weighted by molar-refractivity contribution is 6.15. The monoisotopic (exact) mass is 602 g/mol. The van der Waals surface area contributed by atoms with Crippen LogP contribution in [-0.2, 0) is 0 Å². The molecule has 10 rings (SSSR count). The van der Waals surface area contributed by atoms with Gasteiger partial charge in [0.15, 0.2) is 0 Å². The number of hydrogen-bond donors (Lipinski definition) is 0. The summed E-state index contributed by atoms with van der Waals surface area (Å²) in [6.07, 6.45) is 0. The molecule has 4 nitrogen and oxygen atoms in total. The lowest BCUT2D eigenvalue weighted by atomic mass is 9.96. The topological polar surface area (TPSA) is 44.1 Å². The van der Waals surface area contributed by atoms with E-state index in [2.05, 4.69) is 138 Å².